The lowest BCUT2D eigenvalue weighted by atomic mass is 9.99. The van der Waals surface area contributed by atoms with Crippen molar-refractivity contribution >= 4 is 40.1 Å². The standard InChI is InChI=1S/C23H23Cl2N3O2/c1-14-6-5-7-15(10-14)11-16-8-3-2-4-9-28(16)23(30)21-22(29)27-20-13-18(25)17(24)12-19(20)26-21/h5-7,10,12-13,16H,2-4,8-9,11H2,1H3,(H,27,29). The highest BCUT2D eigenvalue weighted by atomic mass is 35.5. The van der Waals surface area contributed by atoms with Crippen molar-refractivity contribution in [2.45, 2.75) is 45.1 Å². The molecule has 0 bridgehead atoms. The van der Waals surface area contributed by atoms with Gasteiger partial charge in [0, 0.05) is 12.6 Å². The zero-order valence-electron chi connectivity index (χ0n) is 16.8. The topological polar surface area (TPSA) is 66.1 Å². The number of aryl methyl sites for hydroxylation is 1. The molecular weight excluding hydrogens is 421 g/mol. The molecule has 0 aliphatic carbocycles. The highest BCUT2D eigenvalue weighted by Gasteiger charge is 2.29. The summed E-state index contributed by atoms with van der Waals surface area (Å²) in [4.78, 5) is 35.0. The first-order valence-electron chi connectivity index (χ1n) is 10.2. The number of fused-ring (bicyclic) bond motifs is 1. The van der Waals surface area contributed by atoms with Gasteiger partial charge in [-0.2, -0.15) is 0 Å². The third-order valence-corrected chi connectivity index (χ3v) is 6.35. The zero-order valence-corrected chi connectivity index (χ0v) is 18.3. The molecule has 3 aromatic rings. The van der Waals surface area contributed by atoms with Crippen molar-refractivity contribution in [3.8, 4) is 0 Å². The minimum absolute atomic E-state index is 0.0347. The SMILES string of the molecule is Cc1cccc(CC2CCCCCN2C(=O)c2nc3cc(Cl)c(Cl)cc3[nH]c2=O)c1. The molecule has 5 nitrogen and oxygen atoms in total. The van der Waals surface area contributed by atoms with Crippen molar-refractivity contribution in [3.63, 3.8) is 0 Å². The summed E-state index contributed by atoms with van der Waals surface area (Å²) < 4.78 is 0. The van der Waals surface area contributed by atoms with Crippen LogP contribution in [0, 0.1) is 6.92 Å². The van der Waals surface area contributed by atoms with Crippen LogP contribution in [-0.2, 0) is 6.42 Å². The van der Waals surface area contributed by atoms with Gasteiger partial charge < -0.3 is 9.88 Å². The van der Waals surface area contributed by atoms with Crippen LogP contribution in [0.3, 0.4) is 0 Å². The Morgan fingerprint density at radius 2 is 1.97 bits per heavy atom. The number of nitrogens with one attached hydrogen (secondary N) is 1. The number of carbonyl (C=O) groups is 1. The van der Waals surface area contributed by atoms with Gasteiger partial charge in [0.05, 0.1) is 21.1 Å². The van der Waals surface area contributed by atoms with E-state index in [1.165, 1.54) is 11.1 Å². The van der Waals surface area contributed by atoms with Crippen molar-refractivity contribution in [1.29, 1.82) is 0 Å². The van der Waals surface area contributed by atoms with E-state index in [9.17, 15) is 9.59 Å². The quantitative estimate of drug-likeness (QED) is 0.607. The maximum Gasteiger partial charge on any atom is 0.280 e. The molecule has 2 heterocycles. The van der Waals surface area contributed by atoms with E-state index in [2.05, 4.69) is 35.1 Å². The minimum Gasteiger partial charge on any atom is -0.334 e. The van der Waals surface area contributed by atoms with E-state index in [0.717, 1.165) is 32.1 Å². The smallest absolute Gasteiger partial charge is 0.280 e. The van der Waals surface area contributed by atoms with E-state index < -0.39 is 5.56 Å². The Morgan fingerprint density at radius 1 is 1.17 bits per heavy atom. The van der Waals surface area contributed by atoms with E-state index in [1.54, 1.807) is 12.1 Å². The van der Waals surface area contributed by atoms with Gasteiger partial charge in [0.25, 0.3) is 11.5 Å². The second-order valence-electron chi connectivity index (χ2n) is 7.89. The third-order valence-electron chi connectivity index (χ3n) is 5.63. The molecule has 1 N–H and O–H groups in total. The van der Waals surface area contributed by atoms with Crippen molar-refractivity contribution in [2.24, 2.45) is 0 Å². The molecule has 1 aliphatic rings. The van der Waals surface area contributed by atoms with Gasteiger partial charge in [-0.1, -0.05) is 65.9 Å². The molecule has 7 heteroatoms. The van der Waals surface area contributed by atoms with E-state index in [-0.39, 0.29) is 17.6 Å². The largest absolute Gasteiger partial charge is 0.334 e. The summed E-state index contributed by atoms with van der Waals surface area (Å²) in [5, 5.41) is 0.653. The van der Waals surface area contributed by atoms with Crippen LogP contribution >= 0.6 is 23.2 Å². The maximum absolute atomic E-state index is 13.4. The molecular formula is C23H23Cl2N3O2. The summed E-state index contributed by atoms with van der Waals surface area (Å²) in [6.07, 6.45) is 4.73. The first kappa shape index (κ1) is 20.9. The minimum atomic E-state index is -0.510. The number of carbonyl (C=O) groups excluding carboxylic acids is 1. The third kappa shape index (κ3) is 4.37. The molecule has 4 rings (SSSR count). The van der Waals surface area contributed by atoms with Crippen LogP contribution in [0.25, 0.3) is 11.0 Å². The van der Waals surface area contributed by atoms with Gasteiger partial charge in [-0.05, 0) is 43.9 Å². The monoisotopic (exact) mass is 443 g/mol. The van der Waals surface area contributed by atoms with E-state index in [4.69, 9.17) is 23.2 Å². The second kappa shape index (κ2) is 8.78. The molecule has 0 saturated carbocycles. The molecule has 156 valence electrons. The first-order chi connectivity index (χ1) is 14.4. The number of H-pyrrole nitrogens is 1. The number of amides is 1. The van der Waals surface area contributed by atoms with Crippen LogP contribution < -0.4 is 5.56 Å². The van der Waals surface area contributed by atoms with Gasteiger partial charge in [-0.25, -0.2) is 4.98 Å². The number of nitrogens with zero attached hydrogens (tertiary/aromatic N) is 2. The van der Waals surface area contributed by atoms with Gasteiger partial charge in [-0.15, -0.1) is 0 Å². The molecule has 1 unspecified atom stereocenters. The average Bonchev–Trinajstić information content (AvgIpc) is 2.94. The van der Waals surface area contributed by atoms with E-state index in [0.29, 0.717) is 27.6 Å². The molecule has 30 heavy (non-hydrogen) atoms. The number of benzene rings is 2. The normalized spacial score (nSPS) is 17.2. The Labute approximate surface area is 185 Å². The number of aromatic nitrogens is 2. The van der Waals surface area contributed by atoms with Crippen LogP contribution in [0.2, 0.25) is 10.0 Å². The fourth-order valence-electron chi connectivity index (χ4n) is 4.13. The number of likely N-dealkylation sites (tertiary alicyclic amines) is 1. The van der Waals surface area contributed by atoms with Crippen molar-refractivity contribution < 1.29 is 4.79 Å². The molecule has 0 spiro atoms. The van der Waals surface area contributed by atoms with Gasteiger partial charge >= 0.3 is 0 Å². The van der Waals surface area contributed by atoms with Crippen molar-refractivity contribution in [2.75, 3.05) is 6.54 Å². The molecule has 1 fully saturated rings. The predicted octanol–water partition coefficient (Wildman–Crippen LogP) is 5.17. The summed E-state index contributed by atoms with van der Waals surface area (Å²) in [5.74, 6) is -0.330. The predicted molar refractivity (Wildman–Crippen MR) is 121 cm³/mol. The molecule has 1 aromatic heterocycles. The van der Waals surface area contributed by atoms with Gasteiger partial charge in [0.15, 0.2) is 5.69 Å². The summed E-state index contributed by atoms with van der Waals surface area (Å²) in [7, 11) is 0. The molecule has 2 aromatic carbocycles. The van der Waals surface area contributed by atoms with Gasteiger partial charge in [-0.3, -0.25) is 9.59 Å². The number of halogens is 2. The molecule has 1 amide bonds. The fourth-order valence-corrected chi connectivity index (χ4v) is 4.45. The molecule has 0 radical (unpaired) electrons. The van der Waals surface area contributed by atoms with Gasteiger partial charge in [0.1, 0.15) is 0 Å². The molecule has 1 atom stereocenters. The number of aromatic amines is 1. The van der Waals surface area contributed by atoms with E-state index in [1.807, 2.05) is 11.0 Å². The van der Waals surface area contributed by atoms with Crippen LogP contribution in [0.5, 0.6) is 0 Å². The lowest BCUT2D eigenvalue weighted by Crippen LogP contribution is -2.43. The Balaban J connectivity index is 1.69. The Kier molecular flexibility index (Phi) is 6.11. The highest BCUT2D eigenvalue weighted by molar-refractivity contribution is 6.42. The van der Waals surface area contributed by atoms with Crippen molar-refractivity contribution in [1.82, 2.24) is 14.9 Å². The van der Waals surface area contributed by atoms with Crippen LogP contribution in [0.15, 0.2) is 41.2 Å². The first-order valence-corrected chi connectivity index (χ1v) is 10.9. The molecule has 1 saturated heterocycles. The summed E-state index contributed by atoms with van der Waals surface area (Å²) in [6, 6.07) is 11.5. The number of hydrogen-bond donors (Lipinski definition) is 1. The Morgan fingerprint density at radius 3 is 2.77 bits per heavy atom. The zero-order chi connectivity index (χ0) is 21.3. The summed E-state index contributed by atoms with van der Waals surface area (Å²) >= 11 is 12.1. The fraction of sp³-hybridized carbons (Fsp3) is 0.348. The number of hydrogen-bond acceptors (Lipinski definition) is 3. The highest BCUT2D eigenvalue weighted by Crippen LogP contribution is 2.26. The second-order valence-corrected chi connectivity index (χ2v) is 8.71. The summed E-state index contributed by atoms with van der Waals surface area (Å²) in [6.45, 7) is 2.69. The van der Waals surface area contributed by atoms with Gasteiger partial charge in [0.2, 0.25) is 0 Å². The van der Waals surface area contributed by atoms with Crippen molar-refractivity contribution in [3.05, 3.63) is 73.6 Å². The summed E-state index contributed by atoms with van der Waals surface area (Å²) in [5.41, 5.74) is 2.68. The van der Waals surface area contributed by atoms with Crippen LogP contribution in [0.1, 0.15) is 47.3 Å². The van der Waals surface area contributed by atoms with Crippen LogP contribution in [0.4, 0.5) is 0 Å². The average molecular weight is 444 g/mol. The van der Waals surface area contributed by atoms with E-state index >= 15 is 0 Å². The van der Waals surface area contributed by atoms with Crippen LogP contribution in [-0.4, -0.2) is 33.4 Å². The molecule has 1 aliphatic heterocycles. The lowest BCUT2D eigenvalue weighted by molar-refractivity contribution is 0.0674. The lowest BCUT2D eigenvalue weighted by Gasteiger charge is -2.30. The number of rotatable bonds is 3. The Bertz CT molecular complexity index is 1160. The maximum atomic E-state index is 13.4. The Hall–Kier alpha value is -2.37.